The van der Waals surface area contributed by atoms with Crippen LogP contribution in [0.25, 0.3) is 43.1 Å². The molecule has 0 amide bonds. The van der Waals surface area contributed by atoms with E-state index in [0.29, 0.717) is 0 Å². The third kappa shape index (κ3) is 2.28. The molecule has 0 saturated heterocycles. The van der Waals surface area contributed by atoms with Crippen molar-refractivity contribution in [1.29, 1.82) is 0 Å². The van der Waals surface area contributed by atoms with E-state index in [1.165, 1.54) is 48.7 Å². The Labute approximate surface area is 157 Å². The summed E-state index contributed by atoms with van der Waals surface area (Å²) in [5, 5.41) is 6.36. The molecule has 0 radical (unpaired) electrons. The molecule has 1 aromatic heterocycles. The molecule has 0 nitrogen and oxygen atoms in total. The number of aryl methyl sites for hydroxylation is 1. The van der Waals surface area contributed by atoms with E-state index in [4.69, 9.17) is 0 Å². The van der Waals surface area contributed by atoms with Crippen molar-refractivity contribution in [1.82, 2.24) is 0 Å². The maximum atomic E-state index is 2.29. The Morgan fingerprint density at radius 2 is 1.12 bits per heavy atom. The van der Waals surface area contributed by atoms with Crippen LogP contribution in [0.1, 0.15) is 5.56 Å². The zero-order valence-electron chi connectivity index (χ0n) is 14.6. The maximum Gasteiger partial charge on any atom is 0.0436 e. The van der Waals surface area contributed by atoms with E-state index in [1.807, 2.05) is 11.3 Å². The molecular weight excluding hydrogens is 332 g/mol. The van der Waals surface area contributed by atoms with Crippen LogP contribution in [0.4, 0.5) is 0 Å². The molecule has 0 unspecified atom stereocenters. The standard InChI is InChI=1S/C25H18S/c1-17-16-26-25-22(17)20-14-8-9-15-21(20)23(18-10-4-2-5-11-18)24(25)19-12-6-3-7-13-19/h2-16H,1H3. The van der Waals surface area contributed by atoms with E-state index < -0.39 is 0 Å². The maximum absolute atomic E-state index is 2.29. The minimum absolute atomic E-state index is 1.27. The fraction of sp³-hybridized carbons (Fsp3) is 0.0400. The van der Waals surface area contributed by atoms with Crippen molar-refractivity contribution in [3.8, 4) is 22.3 Å². The predicted molar refractivity (Wildman–Crippen MR) is 115 cm³/mol. The van der Waals surface area contributed by atoms with Gasteiger partial charge in [0.2, 0.25) is 0 Å². The highest BCUT2D eigenvalue weighted by Gasteiger charge is 2.19. The van der Waals surface area contributed by atoms with Crippen LogP contribution in [0.3, 0.4) is 0 Å². The molecule has 124 valence electrons. The fourth-order valence-corrected chi connectivity index (χ4v) is 5.05. The Hall–Kier alpha value is -2.90. The first-order valence-electron chi connectivity index (χ1n) is 8.88. The van der Waals surface area contributed by atoms with Crippen LogP contribution in [-0.2, 0) is 0 Å². The van der Waals surface area contributed by atoms with Crippen LogP contribution in [0.2, 0.25) is 0 Å². The van der Waals surface area contributed by atoms with Crippen LogP contribution in [-0.4, -0.2) is 0 Å². The Morgan fingerprint density at radius 1 is 0.577 bits per heavy atom. The molecule has 0 bridgehead atoms. The number of thiophene rings is 1. The first kappa shape index (κ1) is 15.4. The minimum atomic E-state index is 1.27. The van der Waals surface area contributed by atoms with Crippen LogP contribution >= 0.6 is 11.3 Å². The van der Waals surface area contributed by atoms with Gasteiger partial charge in [-0.05, 0) is 45.3 Å². The van der Waals surface area contributed by atoms with Crippen molar-refractivity contribution in [3.05, 3.63) is 95.9 Å². The number of benzene rings is 4. The molecule has 0 aliphatic carbocycles. The van der Waals surface area contributed by atoms with E-state index in [2.05, 4.69) is 97.2 Å². The number of hydrogen-bond acceptors (Lipinski definition) is 1. The number of rotatable bonds is 2. The highest BCUT2D eigenvalue weighted by Crippen LogP contribution is 2.47. The van der Waals surface area contributed by atoms with Gasteiger partial charge in [-0.3, -0.25) is 0 Å². The van der Waals surface area contributed by atoms with Gasteiger partial charge in [-0.15, -0.1) is 11.3 Å². The summed E-state index contributed by atoms with van der Waals surface area (Å²) in [6.07, 6.45) is 0. The molecule has 0 N–H and O–H groups in total. The molecule has 0 saturated carbocycles. The molecule has 26 heavy (non-hydrogen) atoms. The van der Waals surface area contributed by atoms with Gasteiger partial charge >= 0.3 is 0 Å². The zero-order chi connectivity index (χ0) is 17.5. The van der Waals surface area contributed by atoms with Crippen molar-refractivity contribution in [2.45, 2.75) is 6.92 Å². The average Bonchev–Trinajstić information content (AvgIpc) is 3.10. The Kier molecular flexibility index (Phi) is 3.62. The largest absolute Gasteiger partial charge is 0.143 e. The smallest absolute Gasteiger partial charge is 0.0436 e. The second kappa shape index (κ2) is 6.12. The molecule has 4 aromatic carbocycles. The van der Waals surface area contributed by atoms with Gasteiger partial charge in [-0.25, -0.2) is 0 Å². The van der Waals surface area contributed by atoms with Crippen molar-refractivity contribution in [2.75, 3.05) is 0 Å². The lowest BCUT2D eigenvalue weighted by Crippen LogP contribution is -1.90. The van der Waals surface area contributed by atoms with Gasteiger partial charge in [0, 0.05) is 15.6 Å². The fourth-order valence-electron chi connectivity index (χ4n) is 3.92. The lowest BCUT2D eigenvalue weighted by Gasteiger charge is -2.16. The molecule has 5 aromatic rings. The molecule has 1 heterocycles. The third-order valence-electron chi connectivity index (χ3n) is 5.04. The summed E-state index contributed by atoms with van der Waals surface area (Å²) in [6.45, 7) is 2.22. The van der Waals surface area contributed by atoms with Gasteiger partial charge in [0.25, 0.3) is 0 Å². The lowest BCUT2D eigenvalue weighted by molar-refractivity contribution is 1.60. The SMILES string of the molecule is Cc1csc2c(-c3ccccc3)c(-c3ccccc3)c3ccccc3c12. The Balaban J connectivity index is 2.06. The first-order valence-corrected chi connectivity index (χ1v) is 9.76. The summed E-state index contributed by atoms with van der Waals surface area (Å²) >= 11 is 1.86. The monoisotopic (exact) mass is 350 g/mol. The van der Waals surface area contributed by atoms with Crippen molar-refractivity contribution in [2.24, 2.45) is 0 Å². The highest BCUT2D eigenvalue weighted by atomic mass is 32.1. The Morgan fingerprint density at radius 3 is 1.77 bits per heavy atom. The van der Waals surface area contributed by atoms with E-state index in [1.54, 1.807) is 0 Å². The third-order valence-corrected chi connectivity index (χ3v) is 6.16. The van der Waals surface area contributed by atoms with Gasteiger partial charge in [0.1, 0.15) is 0 Å². The molecule has 5 rings (SSSR count). The first-order chi connectivity index (χ1) is 12.8. The normalized spacial score (nSPS) is 11.3. The van der Waals surface area contributed by atoms with Crippen LogP contribution < -0.4 is 0 Å². The zero-order valence-corrected chi connectivity index (χ0v) is 15.4. The molecular formula is C25H18S. The summed E-state index contributed by atoms with van der Waals surface area (Å²) in [5.41, 5.74) is 6.60. The number of fused-ring (bicyclic) bond motifs is 3. The molecule has 0 atom stereocenters. The van der Waals surface area contributed by atoms with E-state index in [0.717, 1.165) is 0 Å². The summed E-state index contributed by atoms with van der Waals surface area (Å²) in [6, 6.07) is 30.4. The van der Waals surface area contributed by atoms with Gasteiger partial charge < -0.3 is 0 Å². The van der Waals surface area contributed by atoms with Crippen molar-refractivity contribution in [3.63, 3.8) is 0 Å². The molecule has 0 fully saturated rings. The summed E-state index contributed by atoms with van der Waals surface area (Å²) in [4.78, 5) is 0. The lowest BCUT2D eigenvalue weighted by atomic mass is 9.87. The van der Waals surface area contributed by atoms with Gasteiger partial charge in [0.15, 0.2) is 0 Å². The van der Waals surface area contributed by atoms with Gasteiger partial charge in [0.05, 0.1) is 0 Å². The Bertz CT molecular complexity index is 1210. The van der Waals surface area contributed by atoms with Crippen molar-refractivity contribution < 1.29 is 0 Å². The van der Waals surface area contributed by atoms with Gasteiger partial charge in [-0.1, -0.05) is 84.9 Å². The van der Waals surface area contributed by atoms with E-state index in [-0.39, 0.29) is 0 Å². The van der Waals surface area contributed by atoms with Crippen LogP contribution in [0, 0.1) is 6.92 Å². The summed E-state index contributed by atoms with van der Waals surface area (Å²) in [5.74, 6) is 0. The minimum Gasteiger partial charge on any atom is -0.143 e. The van der Waals surface area contributed by atoms with E-state index >= 15 is 0 Å². The molecule has 0 aliphatic rings. The van der Waals surface area contributed by atoms with Gasteiger partial charge in [-0.2, -0.15) is 0 Å². The van der Waals surface area contributed by atoms with Crippen LogP contribution in [0.15, 0.2) is 90.3 Å². The quantitative estimate of drug-likeness (QED) is 0.306. The molecule has 0 aliphatic heterocycles. The molecule has 1 heteroatoms. The number of hydrogen-bond donors (Lipinski definition) is 0. The van der Waals surface area contributed by atoms with Crippen LogP contribution in [0.5, 0.6) is 0 Å². The summed E-state index contributed by atoms with van der Waals surface area (Å²) in [7, 11) is 0. The topological polar surface area (TPSA) is 0 Å². The summed E-state index contributed by atoms with van der Waals surface area (Å²) < 4.78 is 1.38. The van der Waals surface area contributed by atoms with Crippen molar-refractivity contribution >= 4 is 32.2 Å². The predicted octanol–water partition coefficient (Wildman–Crippen LogP) is 7.70. The molecule has 0 spiro atoms. The highest BCUT2D eigenvalue weighted by molar-refractivity contribution is 7.18. The second-order valence-corrected chi connectivity index (χ2v) is 7.53. The van der Waals surface area contributed by atoms with E-state index in [9.17, 15) is 0 Å². The average molecular weight is 350 g/mol. The second-order valence-electron chi connectivity index (χ2n) is 6.65.